The molecule has 0 rings (SSSR count). The smallest absolute Gasteiger partial charge is 0.569 e. The summed E-state index contributed by atoms with van der Waals surface area (Å²) < 4.78 is 9.85. The van der Waals surface area contributed by atoms with Crippen molar-refractivity contribution in [2.75, 3.05) is 0 Å². The van der Waals surface area contributed by atoms with Gasteiger partial charge < -0.3 is 10.7 Å². The molecule has 0 aromatic heterocycles. The zero-order chi connectivity index (χ0) is 5.86. The summed E-state index contributed by atoms with van der Waals surface area (Å²) in [5.74, 6) is -0.713. The maximum Gasteiger partial charge on any atom is 0.569 e. The van der Waals surface area contributed by atoms with E-state index in [9.17, 15) is 9.77 Å². The summed E-state index contributed by atoms with van der Waals surface area (Å²) in [5.41, 5.74) is 0.457. The number of hydroxylamine groups is 1. The minimum absolute atomic E-state index is 0. The lowest BCUT2D eigenvalue weighted by Crippen LogP contribution is -2.81. The van der Waals surface area contributed by atoms with Crippen LogP contribution >= 0.6 is 8.03 Å². The van der Waals surface area contributed by atoms with E-state index in [1.807, 2.05) is 0 Å². The van der Waals surface area contributed by atoms with E-state index in [2.05, 4.69) is 0 Å². The van der Waals surface area contributed by atoms with Crippen LogP contribution in [0.2, 0.25) is 0 Å². The Morgan fingerprint density at radius 3 is 2.57 bits per heavy atom. The van der Waals surface area contributed by atoms with Crippen LogP contribution in [0, 0.1) is 5.21 Å². The van der Waals surface area contributed by atoms with Gasteiger partial charge in [0, 0.05) is 8.35 Å². The molecular formula is C2H9NO3P+. The second-order valence-electron chi connectivity index (χ2n) is 1.18. The van der Waals surface area contributed by atoms with E-state index in [-0.39, 0.29) is 1.43 Å². The normalized spacial score (nSPS) is 16.1. The Labute approximate surface area is 43.5 Å². The summed E-state index contributed by atoms with van der Waals surface area (Å²) in [6.07, 6.45) is 0. The highest BCUT2D eigenvalue weighted by Crippen LogP contribution is 2.14. The van der Waals surface area contributed by atoms with Crippen LogP contribution in [0.4, 0.5) is 0 Å². The van der Waals surface area contributed by atoms with Crippen LogP contribution in [0.5, 0.6) is 0 Å². The second kappa shape index (κ2) is 3.04. The SMILES string of the molecule is CC([NH2+][O-])[P+](=O)O.[HH]. The molecule has 2 unspecified atom stereocenters. The molecular weight excluding hydrogens is 117 g/mol. The van der Waals surface area contributed by atoms with Gasteiger partial charge in [0.05, 0.1) is 0 Å². The van der Waals surface area contributed by atoms with Gasteiger partial charge in [0.15, 0.2) is 0 Å². The monoisotopic (exact) mass is 126 g/mol. The Morgan fingerprint density at radius 1 is 2.14 bits per heavy atom. The minimum Gasteiger partial charge on any atom is -0.632 e. The summed E-state index contributed by atoms with van der Waals surface area (Å²) in [5, 5.41) is 9.60. The Bertz CT molecular complexity index is 79.7. The molecule has 3 N–H and O–H groups in total. The van der Waals surface area contributed by atoms with Crippen molar-refractivity contribution >= 4 is 8.03 Å². The fourth-order valence-electron chi connectivity index (χ4n) is 0.0521. The van der Waals surface area contributed by atoms with E-state index in [0.29, 0.717) is 5.48 Å². The zero-order valence-electron chi connectivity index (χ0n) is 3.87. The minimum atomic E-state index is -2.28. The van der Waals surface area contributed by atoms with Gasteiger partial charge in [0.2, 0.25) is 0 Å². The molecule has 0 spiro atoms. The Morgan fingerprint density at radius 2 is 2.57 bits per heavy atom. The molecule has 7 heavy (non-hydrogen) atoms. The number of hydrogen-bond acceptors (Lipinski definition) is 2. The standard InChI is InChI=1S/C2H6NO3P.H2/c1-2(3-4)7(5)6;/h2H,3H2,1H3;1H/p+1. The highest BCUT2D eigenvalue weighted by atomic mass is 31.1. The van der Waals surface area contributed by atoms with Crippen molar-refractivity contribution in [1.82, 2.24) is 0 Å². The Hall–Kier alpha value is -0.0200. The molecule has 0 bridgehead atoms. The van der Waals surface area contributed by atoms with Gasteiger partial charge >= 0.3 is 13.8 Å². The largest absolute Gasteiger partial charge is 0.632 e. The van der Waals surface area contributed by atoms with Crippen LogP contribution < -0.4 is 5.48 Å². The Balaban J connectivity index is 0. The molecule has 0 fully saturated rings. The van der Waals surface area contributed by atoms with Gasteiger partial charge in [-0.1, -0.05) is 0 Å². The molecule has 0 aromatic carbocycles. The van der Waals surface area contributed by atoms with E-state index in [1.165, 1.54) is 6.92 Å². The lowest BCUT2D eigenvalue weighted by Gasteiger charge is -1.95. The first-order chi connectivity index (χ1) is 3.18. The zero-order valence-corrected chi connectivity index (χ0v) is 4.76. The summed E-state index contributed by atoms with van der Waals surface area (Å²) in [4.78, 5) is 8.10. The third kappa shape index (κ3) is 2.65. The fraction of sp³-hybridized carbons (Fsp3) is 1.00. The summed E-state index contributed by atoms with van der Waals surface area (Å²) in [6.45, 7) is 1.39. The first kappa shape index (κ1) is 6.98. The molecule has 0 aliphatic carbocycles. The average Bonchev–Trinajstić information content (AvgIpc) is 1.65. The Kier molecular flexibility index (Phi) is 3.04. The molecule has 0 aliphatic rings. The maximum absolute atomic E-state index is 9.85. The molecule has 2 atom stereocenters. The molecule has 4 nitrogen and oxygen atoms in total. The molecule has 0 aliphatic heterocycles. The topological polar surface area (TPSA) is 77.0 Å². The molecule has 0 heterocycles. The van der Waals surface area contributed by atoms with Crippen molar-refractivity contribution in [1.29, 1.82) is 0 Å². The number of nitrogens with two attached hydrogens (primary N) is 1. The molecule has 0 saturated carbocycles. The summed E-state index contributed by atoms with van der Waals surface area (Å²) >= 11 is 0. The van der Waals surface area contributed by atoms with Crippen LogP contribution in [0.1, 0.15) is 8.35 Å². The van der Waals surface area contributed by atoms with Crippen LogP contribution in [-0.4, -0.2) is 10.7 Å². The van der Waals surface area contributed by atoms with Crippen LogP contribution in [0.25, 0.3) is 0 Å². The van der Waals surface area contributed by atoms with Gasteiger partial charge in [0.25, 0.3) is 0 Å². The molecule has 0 aromatic rings. The second-order valence-corrected chi connectivity index (χ2v) is 2.60. The van der Waals surface area contributed by atoms with E-state index in [4.69, 9.17) is 4.89 Å². The van der Waals surface area contributed by atoms with Crippen molar-refractivity contribution < 1.29 is 16.4 Å². The summed E-state index contributed by atoms with van der Waals surface area (Å²) in [6, 6.07) is 0. The van der Waals surface area contributed by atoms with Crippen LogP contribution in [-0.2, 0) is 4.57 Å². The van der Waals surface area contributed by atoms with Crippen molar-refractivity contribution in [3.8, 4) is 0 Å². The summed E-state index contributed by atoms with van der Waals surface area (Å²) in [7, 11) is -2.28. The number of rotatable bonds is 2. The predicted molar refractivity (Wildman–Crippen MR) is 26.7 cm³/mol. The predicted octanol–water partition coefficient (Wildman–Crippen LogP) is -0.626. The van der Waals surface area contributed by atoms with Crippen molar-refractivity contribution in [2.45, 2.75) is 12.7 Å². The van der Waals surface area contributed by atoms with E-state index in [0.717, 1.165) is 0 Å². The van der Waals surface area contributed by atoms with Gasteiger partial charge in [-0.2, -0.15) is 4.89 Å². The quantitative estimate of drug-likeness (QED) is 0.382. The maximum atomic E-state index is 9.85. The van der Waals surface area contributed by atoms with E-state index < -0.39 is 13.8 Å². The molecule has 0 saturated heterocycles. The van der Waals surface area contributed by atoms with Crippen molar-refractivity contribution in [3.05, 3.63) is 5.21 Å². The van der Waals surface area contributed by atoms with Gasteiger partial charge in [-0.25, -0.2) is 0 Å². The molecule has 5 heteroatoms. The van der Waals surface area contributed by atoms with Crippen LogP contribution in [0.15, 0.2) is 0 Å². The number of hydrogen-bond donors (Lipinski definition) is 2. The van der Waals surface area contributed by atoms with Gasteiger partial charge in [-0.05, 0) is 4.57 Å². The van der Waals surface area contributed by atoms with E-state index >= 15 is 0 Å². The highest BCUT2D eigenvalue weighted by Gasteiger charge is 2.22. The lowest BCUT2D eigenvalue weighted by molar-refractivity contribution is -0.602. The third-order valence-corrected chi connectivity index (χ3v) is 1.36. The first-order valence-electron chi connectivity index (χ1n) is 1.79. The van der Waals surface area contributed by atoms with Crippen molar-refractivity contribution in [2.24, 2.45) is 0 Å². The number of quaternary nitrogens is 1. The fourth-order valence-corrected chi connectivity index (χ4v) is 0.156. The molecule has 0 amide bonds. The van der Waals surface area contributed by atoms with Gasteiger partial charge in [-0.3, -0.25) is 0 Å². The van der Waals surface area contributed by atoms with Gasteiger partial charge in [-0.15, -0.1) is 0 Å². The van der Waals surface area contributed by atoms with E-state index in [1.54, 1.807) is 0 Å². The third-order valence-electron chi connectivity index (χ3n) is 0.545. The van der Waals surface area contributed by atoms with Gasteiger partial charge in [0.1, 0.15) is 0 Å². The average molecular weight is 126 g/mol. The first-order valence-corrected chi connectivity index (χ1v) is 3.07. The molecule has 0 radical (unpaired) electrons. The van der Waals surface area contributed by atoms with Crippen molar-refractivity contribution in [3.63, 3.8) is 0 Å². The lowest BCUT2D eigenvalue weighted by atomic mass is 10.8. The van der Waals surface area contributed by atoms with Crippen LogP contribution in [0.3, 0.4) is 0 Å². The molecule has 44 valence electrons. The highest BCUT2D eigenvalue weighted by molar-refractivity contribution is 7.38.